The number of hydrogen-bond acceptors (Lipinski definition) is 0. The van der Waals surface area contributed by atoms with Gasteiger partial charge in [0.1, 0.15) is 0 Å². The molecule has 0 heterocycles. The topological polar surface area (TPSA) is 0 Å². The summed E-state index contributed by atoms with van der Waals surface area (Å²) >= 11 is 0. The van der Waals surface area contributed by atoms with Crippen LogP contribution in [-0.2, 0) is 0 Å². The summed E-state index contributed by atoms with van der Waals surface area (Å²) < 4.78 is 0. The first-order chi connectivity index (χ1) is 0. The normalized spacial score (nSPS) is 0. The van der Waals surface area contributed by atoms with Crippen molar-refractivity contribution in [3.8, 4) is 0 Å². The van der Waals surface area contributed by atoms with E-state index < -0.39 is 0 Å². The van der Waals surface area contributed by atoms with E-state index in [1.165, 1.54) is 0 Å². The summed E-state index contributed by atoms with van der Waals surface area (Å²) in [5.74, 6) is 0. The van der Waals surface area contributed by atoms with Gasteiger partial charge in [-0.05, 0) is 0 Å². The molecule has 0 radical (unpaired) electrons. The summed E-state index contributed by atoms with van der Waals surface area (Å²) in [5, 5.41) is 0. The van der Waals surface area contributed by atoms with Crippen molar-refractivity contribution >= 4 is 104 Å². The Morgan fingerprint density at radius 1 is 0.600 bits per heavy atom. The Labute approximate surface area is 102 Å². The van der Waals surface area contributed by atoms with Gasteiger partial charge in [0.05, 0.1) is 0 Å². The van der Waals surface area contributed by atoms with Gasteiger partial charge in [-0.3, -0.25) is 0 Å². The van der Waals surface area contributed by atoms with Crippen molar-refractivity contribution in [2.45, 2.75) is 0 Å². The van der Waals surface area contributed by atoms with E-state index in [0.717, 1.165) is 0 Å². The Kier molecular flexibility index (Phi) is 227. The van der Waals surface area contributed by atoms with Gasteiger partial charge in [0.2, 0.25) is 0 Å². The van der Waals surface area contributed by atoms with E-state index in [9.17, 15) is 0 Å². The molecule has 0 nitrogen and oxygen atoms in total. The van der Waals surface area contributed by atoms with Gasteiger partial charge >= 0.3 is 29.6 Å². The molecule has 5 heteroatoms. The van der Waals surface area contributed by atoms with Crippen LogP contribution in [0.5, 0.6) is 0 Å². The van der Waals surface area contributed by atoms with Crippen LogP contribution < -0.4 is 0 Å². The Hall–Kier alpha value is 3.17. The number of hydrogen-bond donors (Lipinski definition) is 0. The monoisotopic (exact) mass is 392 g/mol. The zero-order valence-electron chi connectivity index (χ0n) is 1.63. The zero-order valence-corrected chi connectivity index (χ0v) is 9.10. The summed E-state index contributed by atoms with van der Waals surface area (Å²) in [6, 6.07) is 0. The summed E-state index contributed by atoms with van der Waals surface area (Å²) in [5.41, 5.74) is 0. The van der Waals surface area contributed by atoms with E-state index >= 15 is 0 Å². The Balaban J connectivity index is 0. The predicted octanol–water partition coefficient (Wildman–Crippen LogP) is 1.70. The second-order valence-electron chi connectivity index (χ2n) is 0. The SMILES string of the molecule is Br.Br.Br.I.[NaH]. The van der Waals surface area contributed by atoms with Crippen LogP contribution in [-0.4, -0.2) is 29.6 Å². The summed E-state index contributed by atoms with van der Waals surface area (Å²) in [7, 11) is 0. The standard InChI is InChI=1S/3BrH.HI.Na.H/h4*1H;;. The average Bonchev–Trinajstić information content (AvgIpc) is 0. The number of halogens is 4. The van der Waals surface area contributed by atoms with Crippen LogP contribution in [0.25, 0.3) is 0 Å². The Morgan fingerprint density at radius 2 is 0.600 bits per heavy atom. The average molecular weight is 395 g/mol. The van der Waals surface area contributed by atoms with Gasteiger partial charge in [0, 0.05) is 0 Å². The van der Waals surface area contributed by atoms with Crippen LogP contribution >= 0.6 is 74.9 Å². The zero-order chi connectivity index (χ0) is 0. The van der Waals surface area contributed by atoms with Crippen LogP contribution in [0.15, 0.2) is 0 Å². The molecule has 0 aromatic rings. The maximum atomic E-state index is 0. The van der Waals surface area contributed by atoms with Crippen molar-refractivity contribution in [3.63, 3.8) is 0 Å². The molecule has 0 bridgehead atoms. The quantitative estimate of drug-likeness (QED) is 0.433. The molecule has 0 aromatic carbocycles. The Bertz CT molecular complexity index is 6.85. The van der Waals surface area contributed by atoms with Crippen molar-refractivity contribution in [3.05, 3.63) is 0 Å². The van der Waals surface area contributed by atoms with Gasteiger partial charge in [-0.15, -0.1) is 74.9 Å². The van der Waals surface area contributed by atoms with Gasteiger partial charge in [0.25, 0.3) is 0 Å². The molecule has 0 amide bonds. The molecule has 0 saturated carbocycles. The molecule has 0 spiro atoms. The first kappa shape index (κ1) is 41.8. The molecule has 0 aromatic heterocycles. The first-order valence-electron chi connectivity index (χ1n) is 0. The first-order valence-corrected chi connectivity index (χ1v) is 0. The maximum absolute atomic E-state index is 0. The van der Waals surface area contributed by atoms with Crippen LogP contribution in [0, 0.1) is 0 Å². The Morgan fingerprint density at radius 3 is 0.600 bits per heavy atom. The van der Waals surface area contributed by atoms with E-state index in [0.29, 0.717) is 0 Å². The summed E-state index contributed by atoms with van der Waals surface area (Å²) in [6.07, 6.45) is 0. The van der Waals surface area contributed by atoms with Crippen molar-refractivity contribution < 1.29 is 0 Å². The minimum atomic E-state index is 0. The minimum absolute atomic E-state index is 0. The number of rotatable bonds is 0. The molecule has 5 heavy (non-hydrogen) atoms. The molecule has 0 rings (SSSR count). The summed E-state index contributed by atoms with van der Waals surface area (Å²) in [4.78, 5) is 0. The van der Waals surface area contributed by atoms with Gasteiger partial charge < -0.3 is 0 Å². The molecule has 34 valence electrons. The van der Waals surface area contributed by atoms with Gasteiger partial charge in [-0.2, -0.15) is 0 Å². The predicted molar refractivity (Wildman–Crippen MR) is 53.5 cm³/mol. The van der Waals surface area contributed by atoms with Gasteiger partial charge in [-0.25, -0.2) is 0 Å². The van der Waals surface area contributed by atoms with E-state index in [4.69, 9.17) is 0 Å². The van der Waals surface area contributed by atoms with Crippen molar-refractivity contribution in [2.75, 3.05) is 0 Å². The van der Waals surface area contributed by atoms with Gasteiger partial charge in [-0.1, -0.05) is 0 Å². The third kappa shape index (κ3) is 19.1. The third-order valence-corrected chi connectivity index (χ3v) is 0. The fraction of sp³-hybridized carbons (Fsp3) is 0. The fourth-order valence-corrected chi connectivity index (χ4v) is 0. The van der Waals surface area contributed by atoms with Crippen molar-refractivity contribution in [1.82, 2.24) is 0 Å². The van der Waals surface area contributed by atoms with E-state index in [1.54, 1.807) is 0 Å². The summed E-state index contributed by atoms with van der Waals surface area (Å²) in [6.45, 7) is 0. The molecule has 0 N–H and O–H groups in total. The fourth-order valence-electron chi connectivity index (χ4n) is 0. The molecule has 0 saturated heterocycles. The van der Waals surface area contributed by atoms with E-state index in [1.807, 2.05) is 0 Å². The van der Waals surface area contributed by atoms with Gasteiger partial charge in [0.15, 0.2) is 0 Å². The van der Waals surface area contributed by atoms with Crippen molar-refractivity contribution in [1.29, 1.82) is 0 Å². The second kappa shape index (κ2) is 27.2. The molecule has 0 fully saturated rings. The molecule has 0 aliphatic rings. The molecular weight excluding hydrogens is 390 g/mol. The van der Waals surface area contributed by atoms with Crippen LogP contribution in [0.1, 0.15) is 0 Å². The van der Waals surface area contributed by atoms with Crippen molar-refractivity contribution in [2.24, 2.45) is 0 Å². The molecule has 0 aliphatic heterocycles. The molecular formula is H5Br3INa. The van der Waals surface area contributed by atoms with E-state index in [2.05, 4.69) is 0 Å². The third-order valence-electron chi connectivity index (χ3n) is 0. The van der Waals surface area contributed by atoms with Crippen LogP contribution in [0.4, 0.5) is 0 Å². The van der Waals surface area contributed by atoms with Crippen LogP contribution in [0.2, 0.25) is 0 Å². The second-order valence-corrected chi connectivity index (χ2v) is 0. The molecule has 0 atom stereocenters. The van der Waals surface area contributed by atoms with E-state index in [-0.39, 0.29) is 104 Å². The molecule has 0 unspecified atom stereocenters. The molecule has 0 aliphatic carbocycles. The van der Waals surface area contributed by atoms with Crippen LogP contribution in [0.3, 0.4) is 0 Å².